The summed E-state index contributed by atoms with van der Waals surface area (Å²) in [7, 11) is 0. The molecule has 0 bridgehead atoms. The number of rotatable bonds is 5. The van der Waals surface area contributed by atoms with Gasteiger partial charge in [0.1, 0.15) is 5.82 Å². The van der Waals surface area contributed by atoms with Gasteiger partial charge < -0.3 is 0 Å². The van der Waals surface area contributed by atoms with Gasteiger partial charge in [-0.2, -0.15) is 5.10 Å². The molecule has 6 nitrogen and oxygen atoms in total. The average molecular weight is 412 g/mol. The molecule has 0 aliphatic carbocycles. The Morgan fingerprint density at radius 2 is 2.07 bits per heavy atom. The largest absolute Gasteiger partial charge is 0.294 e. The SMILES string of the molecule is O=c1[nH]c(N/N=C\c2c(F)cccc2Cl)nc2c1CN(Cc1ccccc1)CC2. The molecular formula is C21H19ClFN5O. The van der Waals surface area contributed by atoms with Crippen molar-refractivity contribution in [3.63, 3.8) is 0 Å². The molecule has 0 unspecified atom stereocenters. The summed E-state index contributed by atoms with van der Waals surface area (Å²) in [4.78, 5) is 21.9. The van der Waals surface area contributed by atoms with Gasteiger partial charge >= 0.3 is 0 Å². The zero-order valence-corrected chi connectivity index (χ0v) is 16.3. The van der Waals surface area contributed by atoms with Crippen LogP contribution >= 0.6 is 11.6 Å². The van der Waals surface area contributed by atoms with Crippen molar-refractivity contribution in [1.29, 1.82) is 0 Å². The highest BCUT2D eigenvalue weighted by Crippen LogP contribution is 2.18. The maximum Gasteiger partial charge on any atom is 0.257 e. The predicted octanol–water partition coefficient (Wildman–Crippen LogP) is 3.57. The summed E-state index contributed by atoms with van der Waals surface area (Å²) in [5.41, 5.74) is 5.24. The van der Waals surface area contributed by atoms with Gasteiger partial charge in [0.2, 0.25) is 5.95 Å². The highest BCUT2D eigenvalue weighted by atomic mass is 35.5. The van der Waals surface area contributed by atoms with Gasteiger partial charge in [0.05, 0.1) is 22.5 Å². The first-order valence-electron chi connectivity index (χ1n) is 9.21. The molecule has 3 aromatic rings. The fourth-order valence-electron chi connectivity index (χ4n) is 3.30. The van der Waals surface area contributed by atoms with Crippen molar-refractivity contribution in [3.8, 4) is 0 Å². The molecule has 1 aliphatic heterocycles. The van der Waals surface area contributed by atoms with Crippen molar-refractivity contribution in [3.05, 3.63) is 92.1 Å². The molecule has 148 valence electrons. The second kappa shape index (κ2) is 8.55. The van der Waals surface area contributed by atoms with Crippen LogP contribution in [0.2, 0.25) is 5.02 Å². The molecule has 0 saturated heterocycles. The normalized spacial score (nSPS) is 14.1. The summed E-state index contributed by atoms with van der Waals surface area (Å²) < 4.78 is 13.8. The average Bonchev–Trinajstić information content (AvgIpc) is 2.71. The molecule has 0 saturated carbocycles. The maximum atomic E-state index is 13.8. The molecule has 0 atom stereocenters. The number of fused-ring (bicyclic) bond motifs is 1. The summed E-state index contributed by atoms with van der Waals surface area (Å²) in [6.45, 7) is 2.14. The number of halogens is 2. The zero-order valence-electron chi connectivity index (χ0n) is 15.5. The molecule has 2 N–H and O–H groups in total. The number of hydrogen-bond donors (Lipinski definition) is 2. The lowest BCUT2D eigenvalue weighted by atomic mass is 10.1. The molecule has 2 aromatic carbocycles. The van der Waals surface area contributed by atoms with Crippen LogP contribution in [0.15, 0.2) is 58.4 Å². The number of H-pyrrole nitrogens is 1. The smallest absolute Gasteiger partial charge is 0.257 e. The number of benzene rings is 2. The van der Waals surface area contributed by atoms with Crippen molar-refractivity contribution < 1.29 is 4.39 Å². The Morgan fingerprint density at radius 3 is 2.86 bits per heavy atom. The third kappa shape index (κ3) is 4.52. The Bertz CT molecular complexity index is 1080. The van der Waals surface area contributed by atoms with Crippen LogP contribution in [-0.4, -0.2) is 27.6 Å². The van der Waals surface area contributed by atoms with Crippen molar-refractivity contribution in [2.45, 2.75) is 19.5 Å². The molecule has 0 amide bonds. The monoisotopic (exact) mass is 411 g/mol. The Labute approximate surface area is 172 Å². The number of hydrogen-bond acceptors (Lipinski definition) is 5. The van der Waals surface area contributed by atoms with Gasteiger partial charge in [-0.15, -0.1) is 0 Å². The lowest BCUT2D eigenvalue weighted by molar-refractivity contribution is 0.242. The van der Waals surface area contributed by atoms with Crippen LogP contribution in [0, 0.1) is 5.82 Å². The van der Waals surface area contributed by atoms with Crippen molar-refractivity contribution in [1.82, 2.24) is 14.9 Å². The van der Waals surface area contributed by atoms with Gasteiger partial charge in [0.15, 0.2) is 0 Å². The molecule has 2 heterocycles. The summed E-state index contributed by atoms with van der Waals surface area (Å²) in [6.07, 6.45) is 1.93. The summed E-state index contributed by atoms with van der Waals surface area (Å²) in [5.74, 6) is -0.262. The second-order valence-corrected chi connectivity index (χ2v) is 7.20. The van der Waals surface area contributed by atoms with Gasteiger partial charge in [0.25, 0.3) is 5.56 Å². The minimum absolute atomic E-state index is 0.165. The molecule has 1 aromatic heterocycles. The number of anilines is 1. The first-order chi connectivity index (χ1) is 14.1. The van der Waals surface area contributed by atoms with Crippen LogP contribution in [0.3, 0.4) is 0 Å². The van der Waals surface area contributed by atoms with E-state index in [-0.39, 0.29) is 22.1 Å². The van der Waals surface area contributed by atoms with Gasteiger partial charge in [-0.1, -0.05) is 48.0 Å². The van der Waals surface area contributed by atoms with Gasteiger partial charge in [-0.3, -0.25) is 14.7 Å². The summed E-state index contributed by atoms with van der Waals surface area (Å²) in [6, 6.07) is 14.5. The van der Waals surface area contributed by atoms with E-state index in [9.17, 15) is 9.18 Å². The zero-order chi connectivity index (χ0) is 20.2. The molecule has 0 spiro atoms. The minimum atomic E-state index is -0.478. The second-order valence-electron chi connectivity index (χ2n) is 6.79. The molecule has 0 fully saturated rings. The van der Waals surface area contributed by atoms with Gasteiger partial charge in [-0.05, 0) is 17.7 Å². The highest BCUT2D eigenvalue weighted by molar-refractivity contribution is 6.33. The van der Waals surface area contributed by atoms with E-state index < -0.39 is 5.82 Å². The fraction of sp³-hybridized carbons (Fsp3) is 0.190. The van der Waals surface area contributed by atoms with Crippen LogP contribution < -0.4 is 11.0 Å². The standard InChI is InChI=1S/C21H19ClFN5O/c22-17-7-4-8-18(23)15(17)11-24-27-21-25-19-9-10-28(13-16(19)20(29)26-21)12-14-5-2-1-3-6-14/h1-8,11H,9-10,12-13H2,(H2,25,26,27,29)/b24-11-. The van der Waals surface area contributed by atoms with Crippen LogP contribution in [0.4, 0.5) is 10.3 Å². The third-order valence-corrected chi connectivity index (χ3v) is 5.09. The predicted molar refractivity (Wildman–Crippen MR) is 112 cm³/mol. The summed E-state index contributed by atoms with van der Waals surface area (Å²) in [5, 5.41) is 4.20. The molecule has 1 aliphatic rings. The molecule has 4 rings (SSSR count). The molecular weight excluding hydrogens is 393 g/mol. The van der Waals surface area contributed by atoms with Crippen LogP contribution in [0.1, 0.15) is 22.4 Å². The van der Waals surface area contributed by atoms with E-state index in [0.29, 0.717) is 18.5 Å². The number of hydrazone groups is 1. The van der Waals surface area contributed by atoms with Crippen LogP contribution in [0.5, 0.6) is 0 Å². The highest BCUT2D eigenvalue weighted by Gasteiger charge is 2.21. The molecule has 29 heavy (non-hydrogen) atoms. The lowest BCUT2D eigenvalue weighted by Gasteiger charge is -2.27. The van der Waals surface area contributed by atoms with E-state index in [1.54, 1.807) is 6.07 Å². The van der Waals surface area contributed by atoms with Gasteiger partial charge in [0, 0.05) is 31.6 Å². The van der Waals surface area contributed by atoms with E-state index in [1.807, 2.05) is 18.2 Å². The fourth-order valence-corrected chi connectivity index (χ4v) is 3.51. The van der Waals surface area contributed by atoms with Crippen LogP contribution in [0.25, 0.3) is 0 Å². The number of aromatic nitrogens is 2. The Kier molecular flexibility index (Phi) is 5.69. The first-order valence-corrected chi connectivity index (χ1v) is 9.59. The van der Waals surface area contributed by atoms with Crippen LogP contribution in [-0.2, 0) is 19.5 Å². The van der Waals surface area contributed by atoms with E-state index in [4.69, 9.17) is 11.6 Å². The van der Waals surface area contributed by atoms with Crippen molar-refractivity contribution in [2.24, 2.45) is 5.10 Å². The lowest BCUT2D eigenvalue weighted by Crippen LogP contribution is -2.35. The maximum absolute atomic E-state index is 13.8. The first kappa shape index (κ1) is 19.3. The minimum Gasteiger partial charge on any atom is -0.294 e. The quantitative estimate of drug-likeness (QED) is 0.497. The van der Waals surface area contributed by atoms with Crippen molar-refractivity contribution >= 4 is 23.8 Å². The Morgan fingerprint density at radius 1 is 1.24 bits per heavy atom. The summed E-state index contributed by atoms with van der Waals surface area (Å²) >= 11 is 5.97. The van der Waals surface area contributed by atoms with E-state index in [0.717, 1.165) is 18.8 Å². The van der Waals surface area contributed by atoms with E-state index in [2.05, 4.69) is 37.5 Å². The van der Waals surface area contributed by atoms with E-state index >= 15 is 0 Å². The number of nitrogens with one attached hydrogen (secondary N) is 2. The third-order valence-electron chi connectivity index (χ3n) is 4.76. The van der Waals surface area contributed by atoms with E-state index in [1.165, 1.54) is 23.9 Å². The molecule has 0 radical (unpaired) electrons. The Hall–Kier alpha value is -3.03. The molecule has 8 heteroatoms. The van der Waals surface area contributed by atoms with Crippen molar-refractivity contribution in [2.75, 3.05) is 12.0 Å². The topological polar surface area (TPSA) is 73.4 Å². The number of aromatic amines is 1. The number of nitrogens with zero attached hydrogens (tertiary/aromatic N) is 3. The Balaban J connectivity index is 1.47. The van der Waals surface area contributed by atoms with Gasteiger partial charge in [-0.25, -0.2) is 14.8 Å².